The Morgan fingerprint density at radius 3 is 2.38 bits per heavy atom. The summed E-state index contributed by atoms with van der Waals surface area (Å²) in [6, 6.07) is 3.03. The van der Waals surface area contributed by atoms with E-state index < -0.39 is 10.0 Å². The number of hydrogen-bond acceptors (Lipinski definition) is 4. The molecule has 0 aliphatic carbocycles. The first-order valence-corrected chi connectivity index (χ1v) is 11.0. The predicted octanol–water partition coefficient (Wildman–Crippen LogP) is 2.64. The van der Waals surface area contributed by atoms with Crippen LogP contribution in [0, 0.1) is 17.8 Å². The maximum Gasteiger partial charge on any atom is 0.246 e. The number of halogens is 1. The second-order valence-electron chi connectivity index (χ2n) is 7.66. The van der Waals surface area contributed by atoms with Crippen LogP contribution >= 0.6 is 11.6 Å². The second-order valence-corrected chi connectivity index (χ2v) is 9.92. The predicted molar refractivity (Wildman–Crippen MR) is 100 cm³/mol. The van der Waals surface area contributed by atoms with E-state index >= 15 is 0 Å². The molecule has 0 saturated carbocycles. The Bertz CT molecular complexity index is 753. The molecule has 0 N–H and O–H groups in total. The summed E-state index contributed by atoms with van der Waals surface area (Å²) in [5.74, 6) is 1.13. The summed E-state index contributed by atoms with van der Waals surface area (Å²) in [7, 11) is -3.67. The zero-order valence-corrected chi connectivity index (χ0v) is 16.8. The lowest BCUT2D eigenvalue weighted by Crippen LogP contribution is -2.48. The van der Waals surface area contributed by atoms with Crippen LogP contribution in [0.4, 0.5) is 0 Å². The van der Waals surface area contributed by atoms with E-state index in [-0.39, 0.29) is 21.9 Å². The number of piperidine rings is 2. The Balaban J connectivity index is 1.64. The number of carbonyl (C=O) groups is 1. The minimum absolute atomic E-state index is 0.0120. The highest BCUT2D eigenvalue weighted by molar-refractivity contribution is 7.89. The Morgan fingerprint density at radius 1 is 1.19 bits per heavy atom. The maximum absolute atomic E-state index is 12.9. The molecule has 1 aromatic heterocycles. The highest BCUT2D eigenvalue weighted by Crippen LogP contribution is 2.29. The molecule has 0 aromatic carbocycles. The first-order chi connectivity index (χ1) is 12.3. The topological polar surface area (TPSA) is 70.6 Å². The molecule has 2 atom stereocenters. The van der Waals surface area contributed by atoms with Crippen molar-refractivity contribution in [1.29, 1.82) is 0 Å². The Kier molecular flexibility index (Phi) is 5.89. The minimum atomic E-state index is -3.67. The van der Waals surface area contributed by atoms with Crippen molar-refractivity contribution < 1.29 is 13.2 Å². The van der Waals surface area contributed by atoms with Crippen LogP contribution in [0.2, 0.25) is 5.15 Å². The number of amides is 1. The number of nitrogens with zero attached hydrogens (tertiary/aromatic N) is 3. The van der Waals surface area contributed by atoms with Crippen molar-refractivity contribution in [2.24, 2.45) is 17.8 Å². The van der Waals surface area contributed by atoms with Crippen molar-refractivity contribution >= 4 is 27.5 Å². The molecular weight excluding hydrogens is 374 g/mol. The Labute approximate surface area is 160 Å². The molecule has 3 heterocycles. The van der Waals surface area contributed by atoms with Crippen LogP contribution in [0.1, 0.15) is 33.1 Å². The van der Waals surface area contributed by atoms with Gasteiger partial charge in [0.05, 0.1) is 0 Å². The number of rotatable bonds is 3. The van der Waals surface area contributed by atoms with Gasteiger partial charge >= 0.3 is 0 Å². The molecule has 0 spiro atoms. The van der Waals surface area contributed by atoms with Gasteiger partial charge in [-0.2, -0.15) is 4.31 Å². The van der Waals surface area contributed by atoms with Gasteiger partial charge in [-0.25, -0.2) is 13.4 Å². The van der Waals surface area contributed by atoms with Crippen LogP contribution < -0.4 is 0 Å². The first kappa shape index (κ1) is 19.6. The molecule has 8 heteroatoms. The van der Waals surface area contributed by atoms with Crippen LogP contribution in [-0.2, 0) is 14.8 Å². The van der Waals surface area contributed by atoms with Crippen LogP contribution in [0.25, 0.3) is 0 Å². The minimum Gasteiger partial charge on any atom is -0.342 e. The summed E-state index contributed by atoms with van der Waals surface area (Å²) in [6.45, 7) is 6.66. The Hall–Kier alpha value is -1.18. The molecule has 2 aliphatic rings. The van der Waals surface area contributed by atoms with Crippen molar-refractivity contribution in [3.63, 3.8) is 0 Å². The molecule has 26 heavy (non-hydrogen) atoms. The fraction of sp³-hybridized carbons (Fsp3) is 0.667. The van der Waals surface area contributed by atoms with Gasteiger partial charge in [-0.1, -0.05) is 25.4 Å². The second kappa shape index (κ2) is 7.82. The van der Waals surface area contributed by atoms with E-state index in [9.17, 15) is 13.2 Å². The van der Waals surface area contributed by atoms with Gasteiger partial charge < -0.3 is 4.90 Å². The van der Waals surface area contributed by atoms with Crippen LogP contribution in [0.15, 0.2) is 23.2 Å². The lowest BCUT2D eigenvalue weighted by Gasteiger charge is -2.39. The largest absolute Gasteiger partial charge is 0.342 e. The van der Waals surface area contributed by atoms with Gasteiger partial charge in [0.2, 0.25) is 15.9 Å². The van der Waals surface area contributed by atoms with Gasteiger partial charge in [0.25, 0.3) is 0 Å². The van der Waals surface area contributed by atoms with Crippen molar-refractivity contribution in [3.8, 4) is 0 Å². The van der Waals surface area contributed by atoms with Crippen molar-refractivity contribution in [2.75, 3.05) is 26.2 Å². The summed E-state index contributed by atoms with van der Waals surface area (Å²) < 4.78 is 27.0. The van der Waals surface area contributed by atoms with E-state index in [1.165, 1.54) is 16.6 Å². The van der Waals surface area contributed by atoms with Gasteiger partial charge in [0, 0.05) is 38.3 Å². The number of pyridine rings is 1. The fourth-order valence-corrected chi connectivity index (χ4v) is 6.04. The monoisotopic (exact) mass is 399 g/mol. The van der Waals surface area contributed by atoms with Gasteiger partial charge in [-0.05, 0) is 43.2 Å². The van der Waals surface area contributed by atoms with E-state index in [0.717, 1.165) is 19.5 Å². The van der Waals surface area contributed by atoms with Crippen molar-refractivity contribution in [2.45, 2.75) is 38.0 Å². The number of aromatic nitrogens is 1. The van der Waals surface area contributed by atoms with E-state index in [4.69, 9.17) is 11.6 Å². The average molecular weight is 400 g/mol. The molecular formula is C18H26ClN3O3S. The molecule has 0 radical (unpaired) electrons. The zero-order valence-electron chi connectivity index (χ0n) is 15.3. The molecule has 2 aliphatic heterocycles. The Morgan fingerprint density at radius 2 is 1.81 bits per heavy atom. The normalized spacial score (nSPS) is 26.0. The smallest absolute Gasteiger partial charge is 0.246 e. The van der Waals surface area contributed by atoms with Gasteiger partial charge in [-0.3, -0.25) is 4.79 Å². The molecule has 2 fully saturated rings. The van der Waals surface area contributed by atoms with Crippen LogP contribution in [-0.4, -0.2) is 54.7 Å². The average Bonchev–Trinajstić information content (AvgIpc) is 2.60. The summed E-state index contributed by atoms with van der Waals surface area (Å²) in [5.41, 5.74) is 0. The number of carbonyl (C=O) groups excluding carboxylic acids is 1. The quantitative estimate of drug-likeness (QED) is 0.732. The third-order valence-corrected chi connectivity index (χ3v) is 7.67. The summed E-state index contributed by atoms with van der Waals surface area (Å²) >= 11 is 5.96. The highest BCUT2D eigenvalue weighted by Gasteiger charge is 2.36. The number of hydrogen-bond donors (Lipinski definition) is 0. The molecule has 1 amide bonds. The standard InChI is InChI=1S/C18H26ClN3O3S/c1-13-10-14(2)12-21(11-13)18(23)15-5-8-22(9-6-15)26(24,25)16-4-3-7-20-17(16)19/h3-4,7,13-15H,5-6,8-12H2,1-2H3. The van der Waals surface area contributed by atoms with E-state index in [1.807, 2.05) is 4.90 Å². The SMILES string of the molecule is CC1CC(C)CN(C(=O)C2CCN(S(=O)(=O)c3cccnc3Cl)CC2)C1. The van der Waals surface area contributed by atoms with Gasteiger partial charge in [0.15, 0.2) is 0 Å². The molecule has 2 unspecified atom stereocenters. The van der Waals surface area contributed by atoms with Crippen LogP contribution in [0.5, 0.6) is 0 Å². The lowest BCUT2D eigenvalue weighted by atomic mass is 9.89. The number of likely N-dealkylation sites (tertiary alicyclic amines) is 1. The molecule has 1 aromatic rings. The van der Waals surface area contributed by atoms with Crippen molar-refractivity contribution in [3.05, 3.63) is 23.5 Å². The molecule has 3 rings (SSSR count). The van der Waals surface area contributed by atoms with E-state index in [0.29, 0.717) is 37.8 Å². The molecule has 0 bridgehead atoms. The van der Waals surface area contributed by atoms with Gasteiger partial charge in [0.1, 0.15) is 10.0 Å². The molecule has 2 saturated heterocycles. The molecule has 6 nitrogen and oxygen atoms in total. The fourth-order valence-electron chi connectivity index (χ4n) is 4.15. The summed E-state index contributed by atoms with van der Waals surface area (Å²) in [4.78, 5) is 18.7. The van der Waals surface area contributed by atoms with Crippen molar-refractivity contribution in [1.82, 2.24) is 14.2 Å². The van der Waals surface area contributed by atoms with Crippen LogP contribution in [0.3, 0.4) is 0 Å². The first-order valence-electron chi connectivity index (χ1n) is 9.18. The third-order valence-electron chi connectivity index (χ3n) is 5.33. The molecule has 144 valence electrons. The van der Waals surface area contributed by atoms with E-state index in [2.05, 4.69) is 18.8 Å². The summed E-state index contributed by atoms with van der Waals surface area (Å²) in [6.07, 6.45) is 3.73. The highest BCUT2D eigenvalue weighted by atomic mass is 35.5. The zero-order chi connectivity index (χ0) is 18.9. The van der Waals surface area contributed by atoms with Gasteiger partial charge in [-0.15, -0.1) is 0 Å². The third kappa shape index (κ3) is 4.05. The maximum atomic E-state index is 12.9. The van der Waals surface area contributed by atoms with E-state index in [1.54, 1.807) is 6.07 Å². The lowest BCUT2D eigenvalue weighted by molar-refractivity contribution is -0.139. The summed E-state index contributed by atoms with van der Waals surface area (Å²) in [5, 5.41) is -0.0120. The number of sulfonamides is 1.